The summed E-state index contributed by atoms with van der Waals surface area (Å²) in [6.07, 6.45) is 4.74. The summed E-state index contributed by atoms with van der Waals surface area (Å²) in [6.45, 7) is 4.68. The maximum Gasteiger partial charge on any atom is 0.228 e. The normalized spacial score (nSPS) is 28.6. The highest BCUT2D eigenvalue weighted by Crippen LogP contribution is 2.43. The number of nitrogens with one attached hydrogen (secondary N) is 2. The van der Waals surface area contributed by atoms with Crippen molar-refractivity contribution in [3.05, 3.63) is 21.9 Å². The Labute approximate surface area is 130 Å². The lowest BCUT2D eigenvalue weighted by Gasteiger charge is -2.37. The summed E-state index contributed by atoms with van der Waals surface area (Å²) in [6, 6.07) is 4.23. The molecule has 112 valence electrons. The Morgan fingerprint density at radius 1 is 1.50 bits per heavy atom. The van der Waals surface area contributed by atoms with Crippen LogP contribution in [0.1, 0.15) is 35.4 Å². The van der Waals surface area contributed by atoms with E-state index in [9.17, 15) is 4.79 Å². The quantitative estimate of drug-likeness (QED) is 0.900. The van der Waals surface area contributed by atoms with Gasteiger partial charge in [-0.15, -0.1) is 23.7 Å². The maximum atomic E-state index is 12.6. The lowest BCUT2D eigenvalue weighted by atomic mass is 9.67. The van der Waals surface area contributed by atoms with Crippen molar-refractivity contribution in [3.63, 3.8) is 0 Å². The molecule has 0 radical (unpaired) electrons. The van der Waals surface area contributed by atoms with Gasteiger partial charge in [0.15, 0.2) is 0 Å². The van der Waals surface area contributed by atoms with Crippen LogP contribution < -0.4 is 10.6 Å². The smallest absolute Gasteiger partial charge is 0.228 e. The zero-order valence-corrected chi connectivity index (χ0v) is 13.5. The van der Waals surface area contributed by atoms with Crippen molar-refractivity contribution in [1.82, 2.24) is 10.6 Å². The fraction of sp³-hybridized carbons (Fsp3) is 0.667. The highest BCUT2D eigenvalue weighted by atomic mass is 35.5. The van der Waals surface area contributed by atoms with Gasteiger partial charge in [0.25, 0.3) is 0 Å². The number of rotatable bonds is 3. The second kappa shape index (κ2) is 6.46. The van der Waals surface area contributed by atoms with E-state index < -0.39 is 0 Å². The molecule has 1 aliphatic carbocycles. The Morgan fingerprint density at radius 3 is 3.10 bits per heavy atom. The van der Waals surface area contributed by atoms with Crippen molar-refractivity contribution in [3.8, 4) is 0 Å². The molecule has 2 atom stereocenters. The largest absolute Gasteiger partial charge is 0.351 e. The lowest BCUT2D eigenvalue weighted by molar-refractivity contribution is -0.134. The molecule has 2 N–H and O–H groups in total. The Balaban J connectivity index is 0.00000147. The number of carbonyl (C=O) groups is 1. The highest BCUT2D eigenvalue weighted by molar-refractivity contribution is 7.11. The molecule has 20 heavy (non-hydrogen) atoms. The zero-order chi connectivity index (χ0) is 13.3. The summed E-state index contributed by atoms with van der Waals surface area (Å²) in [5.41, 5.74) is -0.120. The molecule has 0 aromatic carbocycles. The van der Waals surface area contributed by atoms with Gasteiger partial charge in [0.05, 0.1) is 12.0 Å². The average molecular weight is 315 g/mol. The van der Waals surface area contributed by atoms with E-state index in [1.807, 2.05) is 0 Å². The maximum absolute atomic E-state index is 12.6. The molecule has 0 spiro atoms. The van der Waals surface area contributed by atoms with Gasteiger partial charge >= 0.3 is 0 Å². The number of amides is 1. The van der Waals surface area contributed by atoms with Crippen molar-refractivity contribution in [2.45, 2.75) is 39.2 Å². The van der Waals surface area contributed by atoms with Crippen molar-refractivity contribution in [2.75, 3.05) is 13.1 Å². The molecule has 1 saturated heterocycles. The van der Waals surface area contributed by atoms with Crippen LogP contribution >= 0.6 is 23.7 Å². The molecule has 1 aromatic heterocycles. The Bertz CT molecular complexity index is 476. The van der Waals surface area contributed by atoms with Crippen LogP contribution in [0.5, 0.6) is 0 Å². The molecule has 3 rings (SSSR count). The van der Waals surface area contributed by atoms with E-state index in [4.69, 9.17) is 0 Å². The molecule has 0 bridgehead atoms. The summed E-state index contributed by atoms with van der Waals surface area (Å²) in [4.78, 5) is 15.2. The van der Waals surface area contributed by atoms with E-state index in [0.29, 0.717) is 12.5 Å². The van der Waals surface area contributed by atoms with Gasteiger partial charge in [-0.25, -0.2) is 0 Å². The van der Waals surface area contributed by atoms with Gasteiger partial charge in [-0.05, 0) is 44.4 Å². The summed E-state index contributed by atoms with van der Waals surface area (Å²) >= 11 is 1.77. The van der Waals surface area contributed by atoms with E-state index in [1.165, 1.54) is 29.0 Å². The number of thiophene rings is 1. The standard InChI is InChI=1S/C15H22N2OS.ClH/c1-11-5-6-13(19-11)9-17-14(18)15-7-3-2-4-12(15)8-16-10-15;/h5-6,12,16H,2-4,7-10H2,1H3,(H,17,18);1H/t12-,15+;/m0./s1. The second-order valence-corrected chi connectivity index (χ2v) is 7.30. The van der Waals surface area contributed by atoms with Crippen molar-refractivity contribution < 1.29 is 4.79 Å². The van der Waals surface area contributed by atoms with Gasteiger partial charge in [-0.3, -0.25) is 4.79 Å². The third kappa shape index (κ3) is 2.87. The fourth-order valence-electron chi connectivity index (χ4n) is 3.61. The van der Waals surface area contributed by atoms with Gasteiger partial charge in [0, 0.05) is 16.3 Å². The van der Waals surface area contributed by atoms with Crippen LogP contribution in [-0.4, -0.2) is 19.0 Å². The number of aryl methyl sites for hydroxylation is 1. The molecule has 0 unspecified atom stereocenters. The van der Waals surface area contributed by atoms with E-state index in [-0.39, 0.29) is 23.7 Å². The molecule has 3 nitrogen and oxygen atoms in total. The SMILES string of the molecule is Cc1ccc(CNC(=O)[C@@]23CCCC[C@H]2CNC3)s1.Cl. The molecule has 1 aromatic rings. The molecule has 2 heterocycles. The van der Waals surface area contributed by atoms with Crippen molar-refractivity contribution >= 4 is 29.7 Å². The summed E-state index contributed by atoms with van der Waals surface area (Å²) in [5.74, 6) is 0.819. The molecule has 1 saturated carbocycles. The van der Waals surface area contributed by atoms with Gasteiger partial charge in [-0.2, -0.15) is 0 Å². The van der Waals surface area contributed by atoms with Gasteiger partial charge in [0.1, 0.15) is 0 Å². The Kier molecular flexibility index (Phi) is 5.10. The summed E-state index contributed by atoms with van der Waals surface area (Å²) in [7, 11) is 0. The number of hydrogen-bond acceptors (Lipinski definition) is 3. The molecule has 5 heteroatoms. The summed E-state index contributed by atoms with van der Waals surface area (Å²) < 4.78 is 0. The zero-order valence-electron chi connectivity index (χ0n) is 11.9. The first-order valence-corrected chi connectivity index (χ1v) is 8.07. The van der Waals surface area contributed by atoms with Crippen LogP contribution in [0.15, 0.2) is 12.1 Å². The molecule has 2 fully saturated rings. The molecule has 1 amide bonds. The second-order valence-electron chi connectivity index (χ2n) is 5.92. The number of halogens is 1. The van der Waals surface area contributed by atoms with Gasteiger partial charge in [-0.1, -0.05) is 12.8 Å². The average Bonchev–Trinajstić information content (AvgIpc) is 3.02. The number of fused-ring (bicyclic) bond motifs is 1. The Morgan fingerprint density at radius 2 is 2.35 bits per heavy atom. The molecule has 1 aliphatic heterocycles. The predicted molar refractivity (Wildman–Crippen MR) is 85.4 cm³/mol. The topological polar surface area (TPSA) is 41.1 Å². The molecular formula is C15H23ClN2OS. The highest BCUT2D eigenvalue weighted by Gasteiger charge is 2.49. The van der Waals surface area contributed by atoms with Crippen molar-refractivity contribution in [1.29, 1.82) is 0 Å². The van der Waals surface area contributed by atoms with Crippen LogP contribution in [0.2, 0.25) is 0 Å². The summed E-state index contributed by atoms with van der Waals surface area (Å²) in [5, 5.41) is 6.61. The minimum atomic E-state index is -0.120. The molecular weight excluding hydrogens is 292 g/mol. The van der Waals surface area contributed by atoms with Gasteiger partial charge in [0.2, 0.25) is 5.91 Å². The van der Waals surface area contributed by atoms with E-state index in [1.54, 1.807) is 11.3 Å². The third-order valence-corrected chi connectivity index (χ3v) is 5.71. The lowest BCUT2D eigenvalue weighted by Crippen LogP contribution is -2.47. The minimum Gasteiger partial charge on any atom is -0.351 e. The van der Waals surface area contributed by atoms with Crippen molar-refractivity contribution in [2.24, 2.45) is 11.3 Å². The van der Waals surface area contributed by atoms with Crippen LogP contribution in [-0.2, 0) is 11.3 Å². The predicted octanol–water partition coefficient (Wildman–Crippen LogP) is 2.87. The fourth-order valence-corrected chi connectivity index (χ4v) is 4.44. The van der Waals surface area contributed by atoms with Crippen LogP contribution in [0, 0.1) is 18.3 Å². The van der Waals surface area contributed by atoms with Crippen LogP contribution in [0.3, 0.4) is 0 Å². The monoisotopic (exact) mass is 314 g/mol. The van der Waals surface area contributed by atoms with E-state index in [2.05, 4.69) is 29.7 Å². The van der Waals surface area contributed by atoms with Crippen LogP contribution in [0.4, 0.5) is 0 Å². The van der Waals surface area contributed by atoms with Crippen LogP contribution in [0.25, 0.3) is 0 Å². The first kappa shape index (κ1) is 15.8. The Hall–Kier alpha value is -0.580. The first-order valence-electron chi connectivity index (χ1n) is 7.25. The number of carbonyl (C=O) groups excluding carboxylic acids is 1. The minimum absolute atomic E-state index is 0. The van der Waals surface area contributed by atoms with E-state index in [0.717, 1.165) is 19.5 Å². The van der Waals surface area contributed by atoms with E-state index >= 15 is 0 Å². The van der Waals surface area contributed by atoms with Gasteiger partial charge < -0.3 is 10.6 Å². The number of hydrogen-bond donors (Lipinski definition) is 2. The third-order valence-electron chi connectivity index (χ3n) is 4.71. The molecule has 2 aliphatic rings. The first-order chi connectivity index (χ1) is 9.21.